The summed E-state index contributed by atoms with van der Waals surface area (Å²) < 4.78 is 0. The van der Waals surface area contributed by atoms with Crippen LogP contribution in [0.3, 0.4) is 0 Å². The van der Waals surface area contributed by atoms with E-state index in [0.717, 1.165) is 25.3 Å². The van der Waals surface area contributed by atoms with Crippen molar-refractivity contribution in [3.63, 3.8) is 0 Å². The fourth-order valence-electron chi connectivity index (χ4n) is 2.61. The van der Waals surface area contributed by atoms with Crippen molar-refractivity contribution in [3.05, 3.63) is 0 Å². The Morgan fingerprint density at radius 3 is 2.71 bits per heavy atom. The predicted molar refractivity (Wildman–Crippen MR) is 71.3 cm³/mol. The van der Waals surface area contributed by atoms with E-state index in [2.05, 4.69) is 17.4 Å². The molecule has 1 rings (SSSR count). The van der Waals surface area contributed by atoms with Crippen molar-refractivity contribution in [1.29, 1.82) is 0 Å². The van der Waals surface area contributed by atoms with Crippen LogP contribution in [0.15, 0.2) is 5.16 Å². The zero-order chi connectivity index (χ0) is 12.5. The highest BCUT2D eigenvalue weighted by Gasteiger charge is 2.18. The molecule has 100 valence electrons. The van der Waals surface area contributed by atoms with Gasteiger partial charge in [0.25, 0.3) is 0 Å². The number of nitrogens with one attached hydrogen (secondary N) is 1. The second-order valence-electron chi connectivity index (χ2n) is 5.19. The van der Waals surface area contributed by atoms with Gasteiger partial charge < -0.3 is 16.3 Å². The van der Waals surface area contributed by atoms with Gasteiger partial charge in [0.2, 0.25) is 0 Å². The minimum Gasteiger partial charge on any atom is -0.409 e. The molecule has 0 aromatic heterocycles. The molecule has 0 unspecified atom stereocenters. The first-order chi connectivity index (χ1) is 8.24. The van der Waals surface area contributed by atoms with Gasteiger partial charge in [0.15, 0.2) is 0 Å². The van der Waals surface area contributed by atoms with Crippen LogP contribution in [0.4, 0.5) is 0 Å². The number of rotatable bonds is 7. The summed E-state index contributed by atoms with van der Waals surface area (Å²) >= 11 is 0. The second kappa shape index (κ2) is 8.34. The summed E-state index contributed by atoms with van der Waals surface area (Å²) in [6, 6.07) is 0.638. The smallest absolute Gasteiger partial charge is 0.139 e. The van der Waals surface area contributed by atoms with E-state index in [-0.39, 0.29) is 0 Å². The molecule has 0 saturated heterocycles. The number of oxime groups is 1. The van der Waals surface area contributed by atoms with E-state index in [1.165, 1.54) is 32.1 Å². The lowest BCUT2D eigenvalue weighted by molar-refractivity contribution is 0.281. The molecule has 1 saturated carbocycles. The van der Waals surface area contributed by atoms with Gasteiger partial charge in [-0.2, -0.15) is 0 Å². The van der Waals surface area contributed by atoms with E-state index >= 15 is 0 Å². The van der Waals surface area contributed by atoms with Gasteiger partial charge in [0, 0.05) is 12.5 Å². The molecule has 1 fully saturated rings. The summed E-state index contributed by atoms with van der Waals surface area (Å²) in [6.45, 7) is 3.34. The Morgan fingerprint density at radius 1 is 1.35 bits per heavy atom. The highest BCUT2D eigenvalue weighted by Crippen LogP contribution is 2.26. The first-order valence-corrected chi connectivity index (χ1v) is 6.94. The van der Waals surface area contributed by atoms with Gasteiger partial charge in [-0.3, -0.25) is 0 Å². The van der Waals surface area contributed by atoms with Gasteiger partial charge in [-0.15, -0.1) is 0 Å². The van der Waals surface area contributed by atoms with Crippen molar-refractivity contribution in [1.82, 2.24) is 5.32 Å². The van der Waals surface area contributed by atoms with Crippen molar-refractivity contribution in [2.75, 3.05) is 6.54 Å². The molecule has 4 nitrogen and oxygen atoms in total. The van der Waals surface area contributed by atoms with Crippen LogP contribution in [-0.4, -0.2) is 23.6 Å². The molecule has 0 aromatic rings. The van der Waals surface area contributed by atoms with Crippen LogP contribution in [0.1, 0.15) is 58.3 Å². The van der Waals surface area contributed by atoms with Gasteiger partial charge in [0.05, 0.1) is 0 Å². The van der Waals surface area contributed by atoms with E-state index in [9.17, 15) is 0 Å². The Labute approximate surface area is 105 Å². The van der Waals surface area contributed by atoms with E-state index in [1.807, 2.05) is 0 Å². The second-order valence-corrected chi connectivity index (χ2v) is 5.19. The number of nitrogens with zero attached hydrogens (tertiary/aromatic N) is 1. The van der Waals surface area contributed by atoms with Crippen LogP contribution in [0.25, 0.3) is 0 Å². The lowest BCUT2D eigenvalue weighted by atomic mass is 9.84. The Kier molecular flexibility index (Phi) is 7.01. The van der Waals surface area contributed by atoms with Crippen LogP contribution in [0.2, 0.25) is 0 Å². The Morgan fingerprint density at radius 2 is 2.06 bits per heavy atom. The van der Waals surface area contributed by atoms with E-state index in [0.29, 0.717) is 18.3 Å². The minimum absolute atomic E-state index is 0.338. The average molecular weight is 241 g/mol. The predicted octanol–water partition coefficient (Wildman–Crippen LogP) is 2.46. The van der Waals surface area contributed by atoms with E-state index in [4.69, 9.17) is 10.9 Å². The summed E-state index contributed by atoms with van der Waals surface area (Å²) in [5.74, 6) is 1.21. The Bertz CT molecular complexity index is 225. The molecule has 0 amide bonds. The third-order valence-electron chi connectivity index (χ3n) is 3.81. The maximum absolute atomic E-state index is 8.40. The fraction of sp³-hybridized carbons (Fsp3) is 0.923. The Hall–Kier alpha value is -0.770. The van der Waals surface area contributed by atoms with Gasteiger partial charge >= 0.3 is 0 Å². The summed E-state index contributed by atoms with van der Waals surface area (Å²) in [4.78, 5) is 0. The average Bonchev–Trinajstić information content (AvgIpc) is 2.38. The fourth-order valence-corrected chi connectivity index (χ4v) is 2.61. The van der Waals surface area contributed by atoms with Crippen LogP contribution in [-0.2, 0) is 0 Å². The molecular formula is C13H27N3O. The number of hydrogen-bond donors (Lipinski definition) is 3. The number of nitrogens with two attached hydrogens (primary N) is 1. The number of hydrogen-bond acceptors (Lipinski definition) is 3. The van der Waals surface area contributed by atoms with Crippen LogP contribution < -0.4 is 11.1 Å². The van der Waals surface area contributed by atoms with Crippen molar-refractivity contribution in [2.45, 2.75) is 64.3 Å². The van der Waals surface area contributed by atoms with Crippen LogP contribution >= 0.6 is 0 Å². The zero-order valence-electron chi connectivity index (χ0n) is 11.0. The third kappa shape index (κ3) is 5.91. The van der Waals surface area contributed by atoms with Crippen molar-refractivity contribution in [3.8, 4) is 0 Å². The summed E-state index contributed by atoms with van der Waals surface area (Å²) in [6.07, 6.45) is 9.77. The summed E-state index contributed by atoms with van der Waals surface area (Å²) in [5, 5.41) is 15.0. The molecule has 17 heavy (non-hydrogen) atoms. The molecular weight excluding hydrogens is 214 g/mol. The monoisotopic (exact) mass is 241 g/mol. The largest absolute Gasteiger partial charge is 0.409 e. The van der Waals surface area contributed by atoms with Gasteiger partial charge in [-0.1, -0.05) is 24.4 Å². The molecule has 0 bridgehead atoms. The Balaban J connectivity index is 2.01. The maximum Gasteiger partial charge on any atom is 0.139 e. The SMILES string of the molecule is C[C@@H](NCCCCC(N)=NO)C1CCCCC1. The molecule has 1 atom stereocenters. The highest BCUT2D eigenvalue weighted by molar-refractivity contribution is 5.79. The molecule has 1 aliphatic carbocycles. The quantitative estimate of drug-likeness (QED) is 0.211. The number of amidine groups is 1. The molecule has 4 N–H and O–H groups in total. The van der Waals surface area contributed by atoms with E-state index in [1.54, 1.807) is 0 Å². The van der Waals surface area contributed by atoms with E-state index < -0.39 is 0 Å². The zero-order valence-corrected chi connectivity index (χ0v) is 11.0. The number of unbranched alkanes of at least 4 members (excludes halogenated alkanes) is 1. The summed E-state index contributed by atoms with van der Waals surface area (Å²) in [5.41, 5.74) is 5.41. The third-order valence-corrected chi connectivity index (χ3v) is 3.81. The topological polar surface area (TPSA) is 70.6 Å². The first kappa shape index (κ1) is 14.3. The van der Waals surface area contributed by atoms with Crippen LogP contribution in [0, 0.1) is 5.92 Å². The van der Waals surface area contributed by atoms with Gasteiger partial charge in [0.1, 0.15) is 5.84 Å². The molecule has 4 heteroatoms. The van der Waals surface area contributed by atoms with Crippen LogP contribution in [0.5, 0.6) is 0 Å². The lowest BCUT2D eigenvalue weighted by Gasteiger charge is -2.28. The molecule has 0 heterocycles. The standard InChI is InChI=1S/C13H27N3O/c1-11(12-7-3-2-4-8-12)15-10-6-5-9-13(14)16-17/h11-12,15,17H,2-10H2,1H3,(H2,14,16)/t11-/m1/s1. The molecule has 0 aliphatic heterocycles. The highest BCUT2D eigenvalue weighted by atomic mass is 16.4. The summed E-state index contributed by atoms with van der Waals surface area (Å²) in [7, 11) is 0. The molecule has 1 aliphatic rings. The lowest BCUT2D eigenvalue weighted by Crippen LogP contribution is -2.35. The molecule has 0 aromatic carbocycles. The minimum atomic E-state index is 0.338. The molecule has 0 spiro atoms. The van der Waals surface area contributed by atoms with Crippen molar-refractivity contribution < 1.29 is 5.21 Å². The van der Waals surface area contributed by atoms with Crippen molar-refractivity contribution >= 4 is 5.84 Å². The van der Waals surface area contributed by atoms with Gasteiger partial charge in [-0.05, 0) is 45.1 Å². The van der Waals surface area contributed by atoms with Crippen molar-refractivity contribution in [2.24, 2.45) is 16.8 Å². The maximum atomic E-state index is 8.40. The molecule has 0 radical (unpaired) electrons. The first-order valence-electron chi connectivity index (χ1n) is 6.94. The van der Waals surface area contributed by atoms with Gasteiger partial charge in [-0.25, -0.2) is 0 Å². The normalized spacial score (nSPS) is 20.4.